The smallest absolute Gasteiger partial charge is 0.328 e. The minimum atomic E-state index is -0.603. The molecule has 63 heavy (non-hydrogen) atoms. The van der Waals surface area contributed by atoms with Crippen molar-refractivity contribution in [3.63, 3.8) is 0 Å². The standard InChI is InChI=1S/C47H58ClN9O6/c1-31(58)50-42-25-35-36(29-53(2)40(35)26-49-42)38-22-33(23-41(51-38)47(62-3)13-21-63-30-47)28-54-14-6-32(7-15-54)27-55-17-9-46(10-18-55)11-19-56(20-12-46)44(60)34-4-5-37(48)39(24-34)57-16-8-43(59)52-45(57)61/h4-5,22-26,29,32H,6-21,27-28,30H2,1-3H3,(H,49,50,58)(H,52,59,61)/t47-/m0/s1. The van der Waals surface area contributed by atoms with Crippen molar-refractivity contribution in [3.8, 4) is 11.3 Å². The van der Waals surface area contributed by atoms with E-state index >= 15 is 0 Å². The molecule has 0 saturated carbocycles. The van der Waals surface area contributed by atoms with E-state index in [0.29, 0.717) is 54.3 Å². The molecule has 16 heteroatoms. The van der Waals surface area contributed by atoms with E-state index in [4.69, 9.17) is 26.1 Å². The molecule has 0 unspecified atom stereocenters. The van der Waals surface area contributed by atoms with Crippen LogP contribution in [0.1, 0.15) is 79.9 Å². The Balaban J connectivity index is 0.792. The summed E-state index contributed by atoms with van der Waals surface area (Å²) in [5.41, 5.74) is 5.51. The van der Waals surface area contributed by atoms with Gasteiger partial charge in [0.2, 0.25) is 11.8 Å². The van der Waals surface area contributed by atoms with Crippen molar-refractivity contribution in [2.24, 2.45) is 18.4 Å². The molecule has 9 rings (SSSR count). The zero-order valence-electron chi connectivity index (χ0n) is 36.6. The van der Waals surface area contributed by atoms with Gasteiger partial charge in [-0.2, -0.15) is 0 Å². The molecule has 4 aromatic rings. The molecule has 8 heterocycles. The van der Waals surface area contributed by atoms with E-state index in [-0.39, 0.29) is 36.1 Å². The highest BCUT2D eigenvalue weighted by atomic mass is 35.5. The number of carbonyl (C=O) groups excluding carboxylic acids is 4. The fourth-order valence-electron chi connectivity index (χ4n) is 10.5. The van der Waals surface area contributed by atoms with Gasteiger partial charge >= 0.3 is 6.03 Å². The van der Waals surface area contributed by atoms with Crippen LogP contribution in [0.3, 0.4) is 0 Å². The number of aryl methyl sites for hydroxylation is 1. The average molecular weight is 880 g/mol. The van der Waals surface area contributed by atoms with Gasteiger partial charge in [-0.05, 0) is 118 Å². The highest BCUT2D eigenvalue weighted by Crippen LogP contribution is 2.43. The number of amides is 5. The first-order valence-corrected chi connectivity index (χ1v) is 22.8. The number of likely N-dealkylation sites (tertiary alicyclic amines) is 3. The molecule has 3 aromatic heterocycles. The van der Waals surface area contributed by atoms with E-state index in [9.17, 15) is 19.2 Å². The fourth-order valence-corrected chi connectivity index (χ4v) is 10.7. The minimum absolute atomic E-state index is 0.0481. The number of benzene rings is 1. The Hall–Kier alpha value is -4.93. The average Bonchev–Trinajstić information content (AvgIpc) is 3.90. The number of halogens is 1. The van der Waals surface area contributed by atoms with Gasteiger partial charge < -0.3 is 29.2 Å². The number of imide groups is 1. The summed E-state index contributed by atoms with van der Waals surface area (Å²) in [6.07, 6.45) is 11.4. The van der Waals surface area contributed by atoms with Gasteiger partial charge in [-0.3, -0.25) is 29.5 Å². The predicted molar refractivity (Wildman–Crippen MR) is 241 cm³/mol. The maximum atomic E-state index is 13.7. The van der Waals surface area contributed by atoms with Crippen LogP contribution in [-0.4, -0.2) is 126 Å². The molecule has 5 fully saturated rings. The lowest BCUT2D eigenvalue weighted by Crippen LogP contribution is -2.50. The number of urea groups is 1. The molecule has 1 aromatic carbocycles. The maximum absolute atomic E-state index is 13.7. The SMILES string of the molecule is CO[C@@]1(c2cc(CN3CCC(CN4CCC5(CC4)CCN(C(=O)c4ccc(Cl)c(N6CCC(=O)NC6=O)c4)CC5)CC3)cc(-c3cn(C)c4cnc(NC(C)=O)cc34)n2)CCOC1. The van der Waals surface area contributed by atoms with E-state index in [2.05, 4.69) is 48.3 Å². The number of nitrogens with one attached hydrogen (secondary N) is 2. The van der Waals surface area contributed by atoms with E-state index in [1.54, 1.807) is 31.5 Å². The van der Waals surface area contributed by atoms with Crippen molar-refractivity contribution in [3.05, 3.63) is 70.6 Å². The Kier molecular flexibility index (Phi) is 12.3. The first-order valence-electron chi connectivity index (χ1n) is 22.4. The van der Waals surface area contributed by atoms with E-state index in [0.717, 1.165) is 112 Å². The van der Waals surface area contributed by atoms with Crippen molar-refractivity contribution in [2.75, 3.05) is 82.9 Å². The summed E-state index contributed by atoms with van der Waals surface area (Å²) < 4.78 is 14.1. The van der Waals surface area contributed by atoms with Crippen LogP contribution < -0.4 is 15.5 Å². The quantitative estimate of drug-likeness (QED) is 0.189. The number of carbonyl (C=O) groups is 4. The summed E-state index contributed by atoms with van der Waals surface area (Å²) in [6, 6.07) is 10.9. The molecule has 15 nitrogen and oxygen atoms in total. The van der Waals surface area contributed by atoms with E-state index in [1.807, 2.05) is 18.0 Å². The van der Waals surface area contributed by atoms with Gasteiger partial charge in [0.05, 0.1) is 40.4 Å². The van der Waals surface area contributed by atoms with Crippen molar-refractivity contribution >= 4 is 57.8 Å². The number of ether oxygens (including phenoxy) is 2. The Morgan fingerprint density at radius 1 is 0.968 bits per heavy atom. The molecule has 0 aliphatic carbocycles. The van der Waals surface area contributed by atoms with Crippen LogP contribution >= 0.6 is 11.6 Å². The van der Waals surface area contributed by atoms with Gasteiger partial charge in [0.1, 0.15) is 11.4 Å². The zero-order chi connectivity index (χ0) is 43.9. The molecule has 1 atom stereocenters. The minimum Gasteiger partial charge on any atom is -0.378 e. The Labute approximate surface area is 373 Å². The molecule has 0 radical (unpaired) electrons. The molecule has 0 bridgehead atoms. The normalized spacial score (nSPS) is 22.5. The van der Waals surface area contributed by atoms with Crippen LogP contribution in [0.15, 0.2) is 48.8 Å². The predicted octanol–water partition coefficient (Wildman–Crippen LogP) is 6.19. The number of anilines is 2. The van der Waals surface area contributed by atoms with Gasteiger partial charge in [0.15, 0.2) is 0 Å². The molecule has 5 amide bonds. The monoisotopic (exact) mass is 879 g/mol. The summed E-state index contributed by atoms with van der Waals surface area (Å²) in [5.74, 6) is 0.645. The van der Waals surface area contributed by atoms with Gasteiger partial charge in [0, 0.05) is 96.0 Å². The van der Waals surface area contributed by atoms with Crippen LogP contribution in [0, 0.1) is 11.3 Å². The third-order valence-electron chi connectivity index (χ3n) is 14.4. The van der Waals surface area contributed by atoms with Gasteiger partial charge in [-0.25, -0.2) is 14.8 Å². The molecule has 2 N–H and O–H groups in total. The maximum Gasteiger partial charge on any atom is 0.328 e. The number of fused-ring (bicyclic) bond motifs is 1. The molecule has 5 aliphatic heterocycles. The first kappa shape index (κ1) is 43.3. The summed E-state index contributed by atoms with van der Waals surface area (Å²) in [4.78, 5) is 68.1. The van der Waals surface area contributed by atoms with Crippen molar-refractivity contribution in [2.45, 2.75) is 70.4 Å². The lowest BCUT2D eigenvalue weighted by molar-refractivity contribution is -0.120. The third-order valence-corrected chi connectivity index (χ3v) is 14.7. The molecule has 1 spiro atoms. The Morgan fingerprint density at radius 2 is 1.73 bits per heavy atom. The lowest BCUT2D eigenvalue weighted by Gasteiger charge is -2.47. The summed E-state index contributed by atoms with van der Waals surface area (Å²) in [7, 11) is 3.75. The second kappa shape index (κ2) is 17.9. The lowest BCUT2D eigenvalue weighted by atomic mass is 9.71. The van der Waals surface area contributed by atoms with Gasteiger partial charge in [-0.15, -0.1) is 0 Å². The summed E-state index contributed by atoms with van der Waals surface area (Å²) in [6.45, 7) is 10.5. The second-order valence-corrected chi connectivity index (χ2v) is 18.8. The topological polar surface area (TPSA) is 154 Å². The van der Waals surface area contributed by atoms with Crippen LogP contribution in [-0.2, 0) is 38.3 Å². The number of piperidine rings is 3. The number of rotatable bonds is 10. The van der Waals surface area contributed by atoms with Crippen LogP contribution in [0.25, 0.3) is 22.2 Å². The van der Waals surface area contributed by atoms with Gasteiger partial charge in [-0.1, -0.05) is 11.6 Å². The fraction of sp³-hybridized carbons (Fsp3) is 0.532. The van der Waals surface area contributed by atoms with Crippen LogP contribution in [0.2, 0.25) is 5.02 Å². The number of hydrogen-bond acceptors (Lipinski definition) is 10. The highest BCUT2D eigenvalue weighted by molar-refractivity contribution is 6.34. The van der Waals surface area contributed by atoms with Crippen molar-refractivity contribution < 1.29 is 28.7 Å². The molecular weight excluding hydrogens is 822 g/mol. The number of nitrogens with zero attached hydrogens (tertiary/aromatic N) is 7. The number of hydrogen-bond donors (Lipinski definition) is 2. The number of pyridine rings is 2. The molecular formula is C47H58ClN9O6. The summed E-state index contributed by atoms with van der Waals surface area (Å²) in [5, 5.41) is 6.51. The largest absolute Gasteiger partial charge is 0.378 e. The summed E-state index contributed by atoms with van der Waals surface area (Å²) >= 11 is 6.45. The third kappa shape index (κ3) is 9.08. The molecule has 5 saturated heterocycles. The zero-order valence-corrected chi connectivity index (χ0v) is 37.3. The molecule has 334 valence electrons. The van der Waals surface area contributed by atoms with Crippen molar-refractivity contribution in [1.29, 1.82) is 0 Å². The van der Waals surface area contributed by atoms with Crippen LogP contribution in [0.4, 0.5) is 16.3 Å². The number of aromatic nitrogens is 3. The second-order valence-electron chi connectivity index (χ2n) is 18.4. The van der Waals surface area contributed by atoms with Gasteiger partial charge in [0.25, 0.3) is 5.91 Å². The van der Waals surface area contributed by atoms with Crippen LogP contribution in [0.5, 0.6) is 0 Å². The Bertz CT molecular complexity index is 2390. The molecule has 5 aliphatic rings. The Morgan fingerprint density at radius 3 is 2.43 bits per heavy atom. The van der Waals surface area contributed by atoms with Crippen molar-refractivity contribution in [1.82, 2.24) is 34.6 Å². The van der Waals surface area contributed by atoms with E-state index < -0.39 is 11.6 Å². The highest BCUT2D eigenvalue weighted by Gasteiger charge is 2.41. The number of methoxy groups -OCH3 is 1. The van der Waals surface area contributed by atoms with E-state index in [1.165, 1.54) is 17.4 Å². The first-order chi connectivity index (χ1) is 30.4.